The zero-order chi connectivity index (χ0) is 14.6. The Labute approximate surface area is 126 Å². The minimum atomic E-state index is 0.115. The molecule has 0 unspecified atom stereocenters. The maximum absolute atomic E-state index is 9.88. The number of rotatable bonds is 6. The van der Waals surface area contributed by atoms with Gasteiger partial charge in [0.05, 0.1) is 5.02 Å². The summed E-state index contributed by atoms with van der Waals surface area (Å²) in [5.74, 6) is 1.98. The number of phenols is 1. The molecule has 1 aromatic carbocycles. The monoisotopic (exact) mass is 303 g/mol. The maximum Gasteiger partial charge on any atom is 0.138 e. The molecule has 0 saturated carbocycles. The van der Waals surface area contributed by atoms with Gasteiger partial charge in [0.2, 0.25) is 0 Å². The molecule has 0 amide bonds. The van der Waals surface area contributed by atoms with Crippen molar-refractivity contribution in [3.63, 3.8) is 0 Å². The number of phenolic OH excluding ortho intramolecular Hbond substituents is 1. The molecule has 0 bridgehead atoms. The lowest BCUT2D eigenvalue weighted by atomic mass is 9.85. The summed E-state index contributed by atoms with van der Waals surface area (Å²) in [4.78, 5) is 0. The zero-order valence-corrected chi connectivity index (χ0v) is 13.5. The van der Waals surface area contributed by atoms with E-state index in [-0.39, 0.29) is 5.75 Å². The Balaban J connectivity index is 2.62. The molecule has 0 radical (unpaired) electrons. The Morgan fingerprint density at radius 1 is 1.11 bits per heavy atom. The van der Waals surface area contributed by atoms with Crippen molar-refractivity contribution >= 4 is 23.2 Å². The molecule has 0 aliphatic carbocycles. The van der Waals surface area contributed by atoms with Crippen molar-refractivity contribution < 1.29 is 5.11 Å². The molecule has 19 heavy (non-hydrogen) atoms. The SMILES string of the molecule is CC(C)C(CNCc1cc(Cl)cc(Cl)c1O)C(C)C. The van der Waals surface area contributed by atoms with E-state index in [1.165, 1.54) is 0 Å². The topological polar surface area (TPSA) is 32.3 Å². The van der Waals surface area contributed by atoms with E-state index in [4.69, 9.17) is 23.2 Å². The van der Waals surface area contributed by atoms with E-state index in [9.17, 15) is 5.11 Å². The highest BCUT2D eigenvalue weighted by Crippen LogP contribution is 2.31. The van der Waals surface area contributed by atoms with Crippen molar-refractivity contribution in [2.45, 2.75) is 34.2 Å². The molecule has 108 valence electrons. The summed E-state index contributed by atoms with van der Waals surface area (Å²) in [6.45, 7) is 10.4. The van der Waals surface area contributed by atoms with Crippen LogP contribution in [0, 0.1) is 17.8 Å². The van der Waals surface area contributed by atoms with Gasteiger partial charge in [-0.2, -0.15) is 0 Å². The van der Waals surface area contributed by atoms with Crippen molar-refractivity contribution in [2.75, 3.05) is 6.54 Å². The van der Waals surface area contributed by atoms with Crippen molar-refractivity contribution in [1.29, 1.82) is 0 Å². The van der Waals surface area contributed by atoms with E-state index in [2.05, 4.69) is 33.0 Å². The summed E-state index contributed by atoms with van der Waals surface area (Å²) in [5.41, 5.74) is 0.740. The smallest absolute Gasteiger partial charge is 0.138 e. The van der Waals surface area contributed by atoms with Crippen LogP contribution in [0.2, 0.25) is 10.0 Å². The minimum absolute atomic E-state index is 0.115. The highest BCUT2D eigenvalue weighted by Gasteiger charge is 2.17. The quantitative estimate of drug-likeness (QED) is 0.797. The molecule has 1 aromatic rings. The highest BCUT2D eigenvalue weighted by atomic mass is 35.5. The van der Waals surface area contributed by atoms with Crippen molar-refractivity contribution in [2.24, 2.45) is 17.8 Å². The van der Waals surface area contributed by atoms with Crippen LogP contribution in [0.25, 0.3) is 0 Å². The van der Waals surface area contributed by atoms with E-state index < -0.39 is 0 Å². The molecule has 0 atom stereocenters. The van der Waals surface area contributed by atoms with Gasteiger partial charge >= 0.3 is 0 Å². The molecule has 0 fully saturated rings. The predicted octanol–water partition coefficient (Wildman–Crippen LogP) is 4.72. The van der Waals surface area contributed by atoms with E-state index in [1.54, 1.807) is 12.1 Å². The van der Waals surface area contributed by atoms with Crippen LogP contribution in [0.4, 0.5) is 0 Å². The fourth-order valence-corrected chi connectivity index (χ4v) is 2.90. The Morgan fingerprint density at radius 2 is 1.68 bits per heavy atom. The number of nitrogens with one attached hydrogen (secondary N) is 1. The van der Waals surface area contributed by atoms with Crippen molar-refractivity contribution in [3.05, 3.63) is 27.7 Å². The second kappa shape index (κ2) is 7.37. The fourth-order valence-electron chi connectivity index (χ4n) is 2.37. The van der Waals surface area contributed by atoms with E-state index in [0.29, 0.717) is 34.3 Å². The van der Waals surface area contributed by atoms with Gasteiger partial charge in [0.1, 0.15) is 5.75 Å². The molecule has 0 spiro atoms. The van der Waals surface area contributed by atoms with Crippen LogP contribution in [0.5, 0.6) is 5.75 Å². The number of hydrogen-bond donors (Lipinski definition) is 2. The first-order valence-corrected chi connectivity index (χ1v) is 7.46. The highest BCUT2D eigenvalue weighted by molar-refractivity contribution is 6.35. The van der Waals surface area contributed by atoms with Gasteiger partial charge in [-0.3, -0.25) is 0 Å². The average Bonchev–Trinajstić information content (AvgIpc) is 2.29. The molecule has 0 aromatic heterocycles. The molecule has 2 N–H and O–H groups in total. The molecule has 0 heterocycles. The van der Waals surface area contributed by atoms with Crippen LogP contribution in [0.15, 0.2) is 12.1 Å². The minimum Gasteiger partial charge on any atom is -0.506 e. The van der Waals surface area contributed by atoms with Crippen LogP contribution < -0.4 is 5.32 Å². The average molecular weight is 304 g/mol. The Hall–Kier alpha value is -0.440. The Bertz CT molecular complexity index is 411. The first-order valence-electron chi connectivity index (χ1n) is 6.70. The summed E-state index contributed by atoms with van der Waals surface area (Å²) < 4.78 is 0. The molecule has 1 rings (SSSR count). The molecule has 0 saturated heterocycles. The molecule has 4 heteroatoms. The molecular weight excluding hydrogens is 281 g/mol. The largest absolute Gasteiger partial charge is 0.506 e. The standard InChI is InChI=1S/C15H23Cl2NO/c1-9(2)13(10(3)4)8-18-7-11-5-12(16)6-14(17)15(11)19/h5-6,9-10,13,18-19H,7-8H2,1-4H3. The van der Waals surface area contributed by atoms with Crippen LogP contribution in [-0.4, -0.2) is 11.7 Å². The number of aromatic hydroxyl groups is 1. The summed E-state index contributed by atoms with van der Waals surface area (Å²) in [6.07, 6.45) is 0. The van der Waals surface area contributed by atoms with Gasteiger partial charge in [-0.05, 0) is 36.4 Å². The molecular formula is C15H23Cl2NO. The van der Waals surface area contributed by atoms with E-state index in [1.807, 2.05) is 0 Å². The van der Waals surface area contributed by atoms with Crippen molar-refractivity contribution in [3.8, 4) is 5.75 Å². The van der Waals surface area contributed by atoms with Gasteiger partial charge in [0, 0.05) is 17.1 Å². The van der Waals surface area contributed by atoms with E-state index >= 15 is 0 Å². The lowest BCUT2D eigenvalue weighted by Crippen LogP contribution is -2.29. The Kier molecular flexibility index (Phi) is 6.45. The van der Waals surface area contributed by atoms with Crippen LogP contribution in [0.1, 0.15) is 33.3 Å². The number of hydrogen-bond acceptors (Lipinski definition) is 2. The summed E-state index contributed by atoms with van der Waals surface area (Å²) >= 11 is 11.8. The number of halogens is 2. The molecule has 0 aliphatic rings. The normalized spacial score (nSPS) is 11.8. The van der Waals surface area contributed by atoms with Gasteiger partial charge in [-0.25, -0.2) is 0 Å². The lowest BCUT2D eigenvalue weighted by Gasteiger charge is -2.25. The maximum atomic E-state index is 9.88. The fraction of sp³-hybridized carbons (Fsp3) is 0.600. The second-order valence-corrected chi connectivity index (χ2v) is 6.52. The summed E-state index contributed by atoms with van der Waals surface area (Å²) in [5, 5.41) is 14.1. The zero-order valence-electron chi connectivity index (χ0n) is 12.0. The summed E-state index contributed by atoms with van der Waals surface area (Å²) in [7, 11) is 0. The van der Waals surface area contributed by atoms with Crippen molar-refractivity contribution in [1.82, 2.24) is 5.32 Å². The van der Waals surface area contributed by atoms with Gasteiger partial charge in [-0.1, -0.05) is 50.9 Å². The predicted molar refractivity (Wildman–Crippen MR) is 83.0 cm³/mol. The third kappa shape index (κ3) is 4.87. The molecule has 2 nitrogen and oxygen atoms in total. The van der Waals surface area contributed by atoms with Crippen LogP contribution >= 0.6 is 23.2 Å². The first kappa shape index (κ1) is 16.6. The van der Waals surface area contributed by atoms with E-state index in [0.717, 1.165) is 12.1 Å². The number of benzene rings is 1. The van der Waals surface area contributed by atoms with Gasteiger partial charge in [0.25, 0.3) is 0 Å². The molecule has 0 aliphatic heterocycles. The second-order valence-electron chi connectivity index (χ2n) is 5.68. The van der Waals surface area contributed by atoms with Gasteiger partial charge in [-0.15, -0.1) is 0 Å². The van der Waals surface area contributed by atoms with Crippen LogP contribution in [0.3, 0.4) is 0 Å². The Morgan fingerprint density at radius 3 is 2.21 bits per heavy atom. The third-order valence-corrected chi connectivity index (χ3v) is 4.02. The summed E-state index contributed by atoms with van der Waals surface area (Å²) in [6, 6.07) is 3.29. The lowest BCUT2D eigenvalue weighted by molar-refractivity contribution is 0.275. The van der Waals surface area contributed by atoms with Gasteiger partial charge < -0.3 is 10.4 Å². The first-order chi connectivity index (χ1) is 8.82. The van der Waals surface area contributed by atoms with Gasteiger partial charge in [0.15, 0.2) is 0 Å². The third-order valence-electron chi connectivity index (χ3n) is 3.52. The van der Waals surface area contributed by atoms with Crippen LogP contribution in [-0.2, 0) is 6.54 Å².